The second kappa shape index (κ2) is 7.90. The molecular formula is C26H38N2O6. The Bertz CT molecular complexity index is 1000. The molecule has 2 fully saturated rings. The molecule has 0 aromatic heterocycles. The van der Waals surface area contributed by atoms with E-state index in [9.17, 15) is 4.79 Å². The van der Waals surface area contributed by atoms with Crippen molar-refractivity contribution >= 4 is 17.3 Å². The molecule has 4 aliphatic rings. The lowest BCUT2D eigenvalue weighted by Gasteiger charge is -2.45. The van der Waals surface area contributed by atoms with Gasteiger partial charge in [-0.25, -0.2) is 0 Å². The largest absolute Gasteiger partial charge is 0.351 e. The summed E-state index contributed by atoms with van der Waals surface area (Å²) in [4.78, 5) is 15.4. The topological polar surface area (TPSA) is 78.5 Å². The Hall–Kier alpha value is -1.71. The maximum atomic E-state index is 13.5. The molecule has 4 heterocycles. The molecule has 5 rings (SSSR count). The molecule has 1 aromatic rings. The number of ether oxygens (including phenoxy) is 5. The molecule has 1 N–H and O–H groups in total. The van der Waals surface area contributed by atoms with Gasteiger partial charge in [0, 0.05) is 6.54 Å². The number of benzene rings is 1. The summed E-state index contributed by atoms with van der Waals surface area (Å²) in [7, 11) is 0. The van der Waals surface area contributed by atoms with E-state index in [1.165, 1.54) is 16.7 Å². The van der Waals surface area contributed by atoms with Crippen LogP contribution in [0.25, 0.3) is 0 Å². The number of rotatable bonds is 4. The van der Waals surface area contributed by atoms with Crippen LogP contribution in [0.4, 0.5) is 11.4 Å². The second-order valence-electron chi connectivity index (χ2n) is 11.6. The fourth-order valence-electron chi connectivity index (χ4n) is 5.80. The molecule has 0 spiro atoms. The van der Waals surface area contributed by atoms with Crippen LogP contribution >= 0.6 is 0 Å². The third-order valence-corrected chi connectivity index (χ3v) is 7.55. The van der Waals surface area contributed by atoms with Gasteiger partial charge in [-0.2, -0.15) is 0 Å². The summed E-state index contributed by atoms with van der Waals surface area (Å²) < 4.78 is 30.3. The summed E-state index contributed by atoms with van der Waals surface area (Å²) in [5, 5.41) is 3.37. The summed E-state index contributed by atoms with van der Waals surface area (Å²) in [5.74, 6) is -1.50. The van der Waals surface area contributed by atoms with Gasteiger partial charge in [-0.05, 0) is 76.1 Å². The van der Waals surface area contributed by atoms with Gasteiger partial charge in [0.1, 0.15) is 18.3 Å². The lowest BCUT2D eigenvalue weighted by atomic mass is 9.74. The van der Waals surface area contributed by atoms with Crippen molar-refractivity contribution in [1.29, 1.82) is 0 Å². The van der Waals surface area contributed by atoms with Gasteiger partial charge in [0.05, 0.1) is 24.6 Å². The van der Waals surface area contributed by atoms with Crippen molar-refractivity contribution < 1.29 is 28.5 Å². The predicted molar refractivity (Wildman–Crippen MR) is 128 cm³/mol. The number of anilines is 2. The average Bonchev–Trinajstić information content (AvgIpc) is 3.24. The molecule has 0 radical (unpaired) electrons. The molecular weight excluding hydrogens is 436 g/mol. The van der Waals surface area contributed by atoms with Crippen molar-refractivity contribution in [3.63, 3.8) is 0 Å². The van der Waals surface area contributed by atoms with Gasteiger partial charge < -0.3 is 33.9 Å². The van der Waals surface area contributed by atoms with E-state index in [-0.39, 0.29) is 36.2 Å². The van der Waals surface area contributed by atoms with Crippen LogP contribution in [-0.4, -0.2) is 61.8 Å². The zero-order valence-corrected chi connectivity index (χ0v) is 21.6. The van der Waals surface area contributed by atoms with Crippen molar-refractivity contribution in [3.05, 3.63) is 22.8 Å². The lowest BCUT2D eigenvalue weighted by Crippen LogP contribution is -2.53. The Balaban J connectivity index is 1.36. The van der Waals surface area contributed by atoms with E-state index in [1.54, 1.807) is 0 Å². The first-order chi connectivity index (χ1) is 15.8. The Morgan fingerprint density at radius 3 is 2.50 bits per heavy atom. The molecule has 1 aromatic carbocycles. The summed E-state index contributed by atoms with van der Waals surface area (Å²) in [6.45, 7) is 17.6. The van der Waals surface area contributed by atoms with E-state index in [4.69, 9.17) is 23.7 Å². The minimum atomic E-state index is -0.784. The van der Waals surface area contributed by atoms with Gasteiger partial charge in [-0.1, -0.05) is 13.8 Å². The molecule has 8 heteroatoms. The van der Waals surface area contributed by atoms with Crippen molar-refractivity contribution in [3.8, 4) is 0 Å². The molecule has 1 amide bonds. The van der Waals surface area contributed by atoms with Gasteiger partial charge in [0.25, 0.3) is 5.91 Å². The Labute approximate surface area is 202 Å². The number of nitrogens with zero attached hydrogens (tertiary/aromatic N) is 1. The summed E-state index contributed by atoms with van der Waals surface area (Å²) in [6.07, 6.45) is -0.876. The van der Waals surface area contributed by atoms with Gasteiger partial charge in [0.15, 0.2) is 11.6 Å². The zero-order chi connectivity index (χ0) is 24.6. The number of carbonyl (C=O) groups excluding carboxylic acids is 1. The maximum Gasteiger partial charge on any atom is 0.277 e. The number of carbonyl (C=O) groups is 1. The Morgan fingerprint density at radius 2 is 1.82 bits per heavy atom. The van der Waals surface area contributed by atoms with Crippen LogP contribution in [0.15, 0.2) is 6.07 Å². The highest BCUT2D eigenvalue weighted by Gasteiger charge is 2.50. The van der Waals surface area contributed by atoms with Gasteiger partial charge in [-0.3, -0.25) is 4.79 Å². The number of hydrogen-bond acceptors (Lipinski definition) is 7. The summed E-state index contributed by atoms with van der Waals surface area (Å²) in [6, 6.07) is 2.12. The van der Waals surface area contributed by atoms with Crippen LogP contribution in [0.3, 0.4) is 0 Å². The van der Waals surface area contributed by atoms with Crippen LogP contribution in [0.2, 0.25) is 0 Å². The monoisotopic (exact) mass is 474 g/mol. The van der Waals surface area contributed by atoms with Crippen molar-refractivity contribution in [2.45, 2.75) is 103 Å². The van der Waals surface area contributed by atoms with E-state index < -0.39 is 17.8 Å². The number of nitrogens with one attached hydrogen (secondary N) is 1. The predicted octanol–water partition coefficient (Wildman–Crippen LogP) is 3.76. The highest BCUT2D eigenvalue weighted by atomic mass is 16.8. The summed E-state index contributed by atoms with van der Waals surface area (Å²) >= 11 is 0. The Morgan fingerprint density at radius 1 is 1.09 bits per heavy atom. The van der Waals surface area contributed by atoms with E-state index in [2.05, 4.69) is 39.1 Å². The Kier molecular flexibility index (Phi) is 5.58. The van der Waals surface area contributed by atoms with E-state index in [1.807, 2.05) is 32.6 Å². The van der Waals surface area contributed by atoms with Gasteiger partial charge in [-0.15, -0.1) is 0 Å². The van der Waals surface area contributed by atoms with E-state index in [0.29, 0.717) is 13.2 Å². The summed E-state index contributed by atoms with van der Waals surface area (Å²) in [5.41, 5.74) is 5.68. The molecule has 4 atom stereocenters. The molecule has 8 nitrogen and oxygen atoms in total. The second-order valence-corrected chi connectivity index (χ2v) is 11.6. The van der Waals surface area contributed by atoms with E-state index >= 15 is 0 Å². The van der Waals surface area contributed by atoms with Crippen LogP contribution in [0, 0.1) is 13.8 Å². The standard InChI is InChI=1S/C26H38N2O6/c1-14-11-16-20-19(15(14)2)24(3,4)9-10-28(20)23(29)22(27-16)30-12-17-21(34-26(7,8)33-17)18-13-31-25(5,6)32-18/h11,17-18,21-22,27H,9-10,12-13H2,1-8H3/t17-,18+,21-,22?/m0/s1. The fourth-order valence-corrected chi connectivity index (χ4v) is 5.80. The minimum absolute atomic E-state index is 0.0112. The smallest absolute Gasteiger partial charge is 0.277 e. The molecule has 34 heavy (non-hydrogen) atoms. The van der Waals surface area contributed by atoms with Crippen molar-refractivity contribution in [1.82, 2.24) is 0 Å². The lowest BCUT2D eigenvalue weighted by molar-refractivity contribution is -0.175. The first kappa shape index (κ1) is 24.0. The zero-order valence-electron chi connectivity index (χ0n) is 21.6. The fraction of sp³-hybridized carbons (Fsp3) is 0.731. The molecule has 2 saturated heterocycles. The highest BCUT2D eigenvalue weighted by molar-refractivity contribution is 6.06. The molecule has 0 bridgehead atoms. The van der Waals surface area contributed by atoms with Crippen LogP contribution in [-0.2, 0) is 33.9 Å². The molecule has 0 aliphatic carbocycles. The molecule has 188 valence electrons. The van der Waals surface area contributed by atoms with Crippen LogP contribution in [0.1, 0.15) is 64.7 Å². The average molecular weight is 475 g/mol. The third-order valence-electron chi connectivity index (χ3n) is 7.55. The van der Waals surface area contributed by atoms with Crippen LogP contribution < -0.4 is 10.2 Å². The molecule has 1 unspecified atom stereocenters. The number of amides is 1. The number of aryl methyl sites for hydroxylation is 1. The quantitative estimate of drug-likeness (QED) is 0.712. The molecule has 4 aliphatic heterocycles. The number of hydrogen-bond donors (Lipinski definition) is 1. The van der Waals surface area contributed by atoms with Crippen molar-refractivity contribution in [2.24, 2.45) is 0 Å². The van der Waals surface area contributed by atoms with Crippen molar-refractivity contribution in [2.75, 3.05) is 30.0 Å². The third kappa shape index (κ3) is 4.03. The van der Waals surface area contributed by atoms with Crippen LogP contribution in [0.5, 0.6) is 0 Å². The highest BCUT2D eigenvalue weighted by Crippen LogP contribution is 2.48. The SMILES string of the molecule is Cc1cc2c3c(c1C)C(C)(C)CCN3C(=O)C(OC[C@@H]1OC(C)(C)O[C@@H]1[C@H]1COC(C)(C)O1)N2. The van der Waals surface area contributed by atoms with Gasteiger partial charge >= 0.3 is 0 Å². The minimum Gasteiger partial charge on any atom is -0.351 e. The van der Waals surface area contributed by atoms with E-state index in [0.717, 1.165) is 17.8 Å². The van der Waals surface area contributed by atoms with Gasteiger partial charge in [0.2, 0.25) is 6.23 Å². The molecule has 0 saturated carbocycles. The first-order valence-corrected chi connectivity index (χ1v) is 12.3. The normalized spacial score (nSPS) is 33.1. The maximum absolute atomic E-state index is 13.5. The first-order valence-electron chi connectivity index (χ1n) is 12.3.